The summed E-state index contributed by atoms with van der Waals surface area (Å²) in [5.74, 6) is 0.778. The second-order valence-electron chi connectivity index (χ2n) is 6.65. The molecule has 1 amide bonds. The lowest BCUT2D eigenvalue weighted by Crippen LogP contribution is -2.55. The minimum Gasteiger partial charge on any atom is -0.357 e. The van der Waals surface area contributed by atoms with Crippen molar-refractivity contribution in [1.82, 2.24) is 24.3 Å². The lowest BCUT2D eigenvalue weighted by Gasteiger charge is -2.35. The third-order valence-corrected chi connectivity index (χ3v) is 6.45. The van der Waals surface area contributed by atoms with E-state index in [2.05, 4.69) is 15.4 Å². The lowest BCUT2D eigenvalue weighted by molar-refractivity contribution is -0.120. The standard InChI is InChI=1S/C17H31N7O3S.HI/c1-5-18-17(19-8-7-9-22(4)28(26,27)6-2)23-10-11-24(16(25)14-23)15-12-20-21(3)13-15;/h12-13H,5-11,14H2,1-4H3,(H,18,19);1H. The summed E-state index contributed by atoms with van der Waals surface area (Å²) in [6, 6.07) is 0. The molecule has 0 atom stereocenters. The Labute approximate surface area is 190 Å². The van der Waals surface area contributed by atoms with Gasteiger partial charge in [-0.2, -0.15) is 5.10 Å². The number of halogens is 1. The molecular formula is C17H32IN7O3S. The van der Waals surface area contributed by atoms with Gasteiger partial charge in [0.2, 0.25) is 15.9 Å². The summed E-state index contributed by atoms with van der Waals surface area (Å²) in [6.45, 7) is 6.68. The molecule has 0 saturated carbocycles. The highest BCUT2D eigenvalue weighted by Gasteiger charge is 2.27. The summed E-state index contributed by atoms with van der Waals surface area (Å²) in [4.78, 5) is 20.8. The monoisotopic (exact) mass is 541 g/mol. The van der Waals surface area contributed by atoms with Crippen LogP contribution in [0.5, 0.6) is 0 Å². The largest absolute Gasteiger partial charge is 0.357 e. The molecule has 0 aliphatic carbocycles. The van der Waals surface area contributed by atoms with Crippen LogP contribution in [-0.2, 0) is 21.9 Å². The number of sulfonamides is 1. The number of piperazine rings is 1. The van der Waals surface area contributed by atoms with E-state index in [1.807, 2.05) is 25.1 Å². The van der Waals surface area contributed by atoms with E-state index in [0.29, 0.717) is 45.1 Å². The molecule has 1 aliphatic heterocycles. The molecule has 0 spiro atoms. The lowest BCUT2D eigenvalue weighted by atomic mass is 10.3. The molecule has 2 heterocycles. The molecule has 1 fully saturated rings. The summed E-state index contributed by atoms with van der Waals surface area (Å²) in [7, 11) is 0.244. The van der Waals surface area contributed by atoms with Crippen molar-refractivity contribution < 1.29 is 13.2 Å². The van der Waals surface area contributed by atoms with Crippen LogP contribution in [0.2, 0.25) is 0 Å². The van der Waals surface area contributed by atoms with Crippen molar-refractivity contribution in [2.45, 2.75) is 20.3 Å². The summed E-state index contributed by atoms with van der Waals surface area (Å²) < 4.78 is 26.6. The van der Waals surface area contributed by atoms with E-state index in [-0.39, 0.29) is 42.2 Å². The molecule has 166 valence electrons. The van der Waals surface area contributed by atoms with Crippen LogP contribution in [0.3, 0.4) is 0 Å². The Morgan fingerprint density at radius 2 is 2.07 bits per heavy atom. The first-order valence-corrected chi connectivity index (χ1v) is 11.2. The number of nitrogens with one attached hydrogen (secondary N) is 1. The second kappa shape index (κ2) is 11.7. The van der Waals surface area contributed by atoms with Gasteiger partial charge >= 0.3 is 0 Å². The Kier molecular flexibility index (Phi) is 10.3. The molecule has 1 aromatic heterocycles. The van der Waals surface area contributed by atoms with Crippen LogP contribution in [-0.4, -0.2) is 91.3 Å². The van der Waals surface area contributed by atoms with Gasteiger partial charge in [0.1, 0.15) is 6.54 Å². The number of nitrogens with zero attached hydrogens (tertiary/aromatic N) is 6. The third kappa shape index (κ3) is 7.10. The number of amides is 1. The normalized spacial score (nSPS) is 15.6. The van der Waals surface area contributed by atoms with Crippen LogP contribution in [0.25, 0.3) is 0 Å². The van der Waals surface area contributed by atoms with Gasteiger partial charge in [-0.05, 0) is 20.3 Å². The van der Waals surface area contributed by atoms with Crippen molar-refractivity contribution in [3.8, 4) is 0 Å². The quantitative estimate of drug-likeness (QED) is 0.220. The summed E-state index contributed by atoms with van der Waals surface area (Å²) in [6.07, 6.45) is 4.13. The Morgan fingerprint density at radius 3 is 2.62 bits per heavy atom. The highest BCUT2D eigenvalue weighted by Crippen LogP contribution is 2.16. The highest BCUT2D eigenvalue weighted by atomic mass is 127. The first kappa shape index (κ1) is 25.6. The number of rotatable bonds is 8. The minimum absolute atomic E-state index is 0. The number of hydrogen-bond donors (Lipinski definition) is 1. The van der Waals surface area contributed by atoms with Crippen molar-refractivity contribution in [3.05, 3.63) is 12.4 Å². The number of carbonyl (C=O) groups excluding carboxylic acids is 1. The molecule has 0 radical (unpaired) electrons. The molecule has 1 saturated heterocycles. The van der Waals surface area contributed by atoms with Gasteiger partial charge in [0.05, 0.1) is 17.6 Å². The fraction of sp³-hybridized carbons (Fsp3) is 0.706. The van der Waals surface area contributed by atoms with Gasteiger partial charge in [-0.25, -0.2) is 12.7 Å². The highest BCUT2D eigenvalue weighted by molar-refractivity contribution is 14.0. The average molecular weight is 541 g/mol. The maximum Gasteiger partial charge on any atom is 0.246 e. The van der Waals surface area contributed by atoms with Gasteiger partial charge in [0, 0.05) is 53.0 Å². The molecular weight excluding hydrogens is 509 g/mol. The van der Waals surface area contributed by atoms with Crippen molar-refractivity contribution in [3.63, 3.8) is 0 Å². The molecule has 0 bridgehead atoms. The smallest absolute Gasteiger partial charge is 0.246 e. The summed E-state index contributed by atoms with van der Waals surface area (Å²) in [5.41, 5.74) is 0.800. The Balaban J connectivity index is 0.00000420. The van der Waals surface area contributed by atoms with Crippen LogP contribution < -0.4 is 10.2 Å². The van der Waals surface area contributed by atoms with Crippen LogP contribution in [0, 0.1) is 0 Å². The number of aryl methyl sites for hydroxylation is 1. The van der Waals surface area contributed by atoms with E-state index in [4.69, 9.17) is 0 Å². The fourth-order valence-electron chi connectivity index (χ4n) is 2.94. The van der Waals surface area contributed by atoms with Crippen molar-refractivity contribution in [1.29, 1.82) is 0 Å². The molecule has 1 aromatic rings. The molecule has 0 unspecified atom stereocenters. The molecule has 1 aliphatic rings. The zero-order chi connectivity index (χ0) is 20.7. The van der Waals surface area contributed by atoms with Gasteiger partial charge in [0.15, 0.2) is 5.96 Å². The molecule has 0 aromatic carbocycles. The van der Waals surface area contributed by atoms with E-state index in [1.54, 1.807) is 29.7 Å². The van der Waals surface area contributed by atoms with Crippen molar-refractivity contribution in [2.24, 2.45) is 12.0 Å². The maximum absolute atomic E-state index is 12.6. The molecule has 29 heavy (non-hydrogen) atoms. The molecule has 2 rings (SSSR count). The summed E-state index contributed by atoms with van der Waals surface area (Å²) >= 11 is 0. The van der Waals surface area contributed by atoms with Crippen LogP contribution >= 0.6 is 24.0 Å². The fourth-order valence-corrected chi connectivity index (χ4v) is 3.79. The third-order valence-electron chi connectivity index (χ3n) is 4.59. The van der Waals surface area contributed by atoms with Crippen molar-refractivity contribution >= 4 is 51.6 Å². The maximum atomic E-state index is 12.6. The number of aromatic nitrogens is 2. The van der Waals surface area contributed by atoms with Crippen molar-refractivity contribution in [2.75, 3.05) is 57.0 Å². The first-order chi connectivity index (χ1) is 13.3. The van der Waals surface area contributed by atoms with Crippen LogP contribution in [0.1, 0.15) is 20.3 Å². The first-order valence-electron chi connectivity index (χ1n) is 9.54. The number of aliphatic imine (C=N–C) groups is 1. The van der Waals surface area contributed by atoms with Gasteiger partial charge in [-0.1, -0.05) is 0 Å². The molecule has 12 heteroatoms. The van der Waals surface area contributed by atoms with E-state index in [1.165, 1.54) is 4.31 Å². The van der Waals surface area contributed by atoms with E-state index in [0.717, 1.165) is 5.69 Å². The predicted molar refractivity (Wildman–Crippen MR) is 125 cm³/mol. The van der Waals surface area contributed by atoms with E-state index < -0.39 is 10.0 Å². The van der Waals surface area contributed by atoms with E-state index >= 15 is 0 Å². The number of hydrogen-bond acceptors (Lipinski definition) is 5. The zero-order valence-corrected chi connectivity index (χ0v) is 20.7. The average Bonchev–Trinajstić information content (AvgIpc) is 3.09. The SMILES string of the molecule is CCNC(=NCCCN(C)S(=O)(=O)CC)N1CCN(c2cnn(C)c2)C(=O)C1.I. The molecule has 1 N–H and O–H groups in total. The number of carbonyl (C=O) groups is 1. The Hall–Kier alpha value is -1.41. The minimum atomic E-state index is -3.17. The Morgan fingerprint density at radius 1 is 1.34 bits per heavy atom. The van der Waals surface area contributed by atoms with Gasteiger partial charge in [-0.15, -0.1) is 24.0 Å². The number of anilines is 1. The van der Waals surface area contributed by atoms with Gasteiger partial charge in [0.25, 0.3) is 0 Å². The molecule has 10 nitrogen and oxygen atoms in total. The summed E-state index contributed by atoms with van der Waals surface area (Å²) in [5, 5.41) is 7.34. The predicted octanol–water partition coefficient (Wildman–Crippen LogP) is 0.324. The van der Waals surface area contributed by atoms with Crippen LogP contribution in [0.4, 0.5) is 5.69 Å². The Bertz CT molecular complexity index is 797. The van der Waals surface area contributed by atoms with Gasteiger partial charge in [-0.3, -0.25) is 14.5 Å². The van der Waals surface area contributed by atoms with Gasteiger partial charge < -0.3 is 15.1 Å². The van der Waals surface area contributed by atoms with E-state index in [9.17, 15) is 13.2 Å². The number of guanidine groups is 1. The second-order valence-corrected chi connectivity index (χ2v) is 9.01. The van der Waals surface area contributed by atoms with Crippen LogP contribution in [0.15, 0.2) is 17.4 Å². The topological polar surface area (TPSA) is 103 Å². The zero-order valence-electron chi connectivity index (χ0n) is 17.5.